The number of halogens is 1. The Kier molecular flexibility index (Phi) is 14.6. The number of fused-ring (bicyclic) bond motifs is 2. The summed E-state index contributed by atoms with van der Waals surface area (Å²) in [7, 11) is -17.5. The molecule has 304 valence electrons. The van der Waals surface area contributed by atoms with Crippen LogP contribution in [0.5, 0.6) is 0 Å². The second-order valence-electron chi connectivity index (χ2n) is 15.0. The van der Waals surface area contributed by atoms with E-state index in [4.69, 9.17) is 11.6 Å². The molecule has 56 heavy (non-hydrogen) atoms. The first-order chi connectivity index (χ1) is 25.2. The minimum absolute atomic E-state index is 0. The van der Waals surface area contributed by atoms with Gasteiger partial charge in [0.25, 0.3) is 40.5 Å². The minimum Gasteiger partial charge on any atom is -1.00 e. The molecule has 1 atom stereocenters. The van der Waals surface area contributed by atoms with E-state index in [0.717, 1.165) is 17.6 Å². The van der Waals surface area contributed by atoms with Gasteiger partial charge in [-0.15, -0.1) is 0 Å². The Bertz CT molecular complexity index is 2470. The van der Waals surface area contributed by atoms with Crippen molar-refractivity contribution in [3.63, 3.8) is 0 Å². The van der Waals surface area contributed by atoms with Crippen molar-refractivity contribution < 1.29 is 105 Å². The number of rotatable bonds is 13. The number of anilines is 2. The molecular weight excluding hydrogens is 855 g/mol. The average molecular weight is 902 g/mol. The van der Waals surface area contributed by atoms with E-state index >= 15 is 0 Å². The summed E-state index contributed by atoms with van der Waals surface area (Å²) in [5, 5.41) is 0.499. The number of nitrogens with zero attached hydrogens (tertiary/aromatic N) is 2. The van der Waals surface area contributed by atoms with Gasteiger partial charge in [0.2, 0.25) is 0 Å². The second kappa shape index (κ2) is 17.3. The molecule has 1 unspecified atom stereocenters. The summed E-state index contributed by atoms with van der Waals surface area (Å²) in [6.45, 7) is 7.97. The van der Waals surface area contributed by atoms with Gasteiger partial charge >= 0.3 is 51.4 Å². The van der Waals surface area contributed by atoms with E-state index in [1.54, 1.807) is 12.1 Å². The molecule has 0 radical (unpaired) electrons. The quantitative estimate of drug-likeness (QED) is 0.168. The summed E-state index contributed by atoms with van der Waals surface area (Å²) in [5.74, 6) is -0.954. The van der Waals surface area contributed by atoms with Crippen molar-refractivity contribution in [3.05, 3.63) is 93.7 Å². The first-order valence-corrected chi connectivity index (χ1v) is 23.9. The van der Waals surface area contributed by atoms with Crippen molar-refractivity contribution in [1.29, 1.82) is 0 Å². The summed E-state index contributed by atoms with van der Waals surface area (Å²) in [4.78, 5) is 3.24. The Hall–Kier alpha value is -1.43. The minimum atomic E-state index is -4.51. The number of allylic oxidation sites excluding steroid dienone is 7. The molecule has 2 aliphatic heterocycles. The Morgan fingerprint density at radius 1 is 0.768 bits per heavy atom. The molecule has 0 aromatic heterocycles. The van der Waals surface area contributed by atoms with E-state index in [1.807, 2.05) is 61.8 Å². The van der Waals surface area contributed by atoms with Crippen LogP contribution in [0.15, 0.2) is 92.4 Å². The molecule has 3 aliphatic rings. The molecule has 0 saturated carbocycles. The first-order valence-electron chi connectivity index (χ1n) is 17.4. The van der Waals surface area contributed by atoms with Gasteiger partial charge in [-0.2, -0.15) is 33.7 Å². The molecule has 1 aliphatic carbocycles. The Labute approximate surface area is 378 Å². The molecule has 0 saturated heterocycles. The zero-order chi connectivity index (χ0) is 40.9. The van der Waals surface area contributed by atoms with E-state index in [2.05, 4.69) is 0 Å². The maximum absolute atomic E-state index is 12.0. The third kappa shape index (κ3) is 10.6. The molecular formula is C36H46ClKN2O12S4. The van der Waals surface area contributed by atoms with Crippen LogP contribution in [0.2, 0.25) is 0 Å². The van der Waals surface area contributed by atoms with E-state index in [-0.39, 0.29) is 88.5 Å². The molecule has 20 heteroatoms. The van der Waals surface area contributed by atoms with Crippen molar-refractivity contribution >= 4 is 63.4 Å². The molecule has 4 N–H and O–H groups in total. The summed E-state index contributed by atoms with van der Waals surface area (Å²) >= 11 is 7.05. The summed E-state index contributed by atoms with van der Waals surface area (Å²) in [6.07, 6.45) is 9.72. The maximum Gasteiger partial charge on any atom is 1.00 e. The second-order valence-corrected chi connectivity index (χ2v) is 21.4. The smallest absolute Gasteiger partial charge is 1.00 e. The zero-order valence-electron chi connectivity index (χ0n) is 32.7. The Balaban J connectivity index is 0.00000435. The molecule has 2 aromatic rings. The molecule has 2 heterocycles. The van der Waals surface area contributed by atoms with Gasteiger partial charge in [0.05, 0.1) is 27.3 Å². The van der Waals surface area contributed by atoms with Crippen molar-refractivity contribution in [2.45, 2.75) is 86.5 Å². The van der Waals surface area contributed by atoms with Gasteiger partial charge in [0.1, 0.15) is 0 Å². The van der Waals surface area contributed by atoms with E-state index in [0.29, 0.717) is 46.1 Å². The fourth-order valence-electron chi connectivity index (χ4n) is 7.72. The average Bonchev–Trinajstić information content (AvgIpc) is 3.39. The van der Waals surface area contributed by atoms with Gasteiger partial charge in [-0.05, 0) is 96.9 Å². The SMILES string of the molecule is CC1(C)C(=CC=C2CCCC(C=CC3N(CCCS(=O)(=O)O)c4ccc(S(=O)(=O)O)cc4C3(C)C)=C2Cl)N(CCCS(=O)(=O)O)c2ccc(S(=O)(=O)O)cc21.[H-].[K+]. The van der Waals surface area contributed by atoms with Crippen LogP contribution in [-0.2, 0) is 51.3 Å². The fraction of sp³-hybridized carbons (Fsp3) is 0.444. The predicted octanol–water partition coefficient (Wildman–Crippen LogP) is 3.16. The van der Waals surface area contributed by atoms with E-state index in [1.165, 1.54) is 24.3 Å². The molecule has 14 nitrogen and oxygen atoms in total. The van der Waals surface area contributed by atoms with Crippen LogP contribution in [0.4, 0.5) is 11.4 Å². The Morgan fingerprint density at radius 2 is 1.30 bits per heavy atom. The van der Waals surface area contributed by atoms with Crippen LogP contribution in [0.25, 0.3) is 0 Å². The van der Waals surface area contributed by atoms with Gasteiger partial charge < -0.3 is 11.2 Å². The van der Waals surface area contributed by atoms with Gasteiger partial charge in [0, 0.05) is 46.0 Å². The Morgan fingerprint density at radius 3 is 1.86 bits per heavy atom. The third-order valence-corrected chi connectivity index (χ3v) is 14.3. The molecule has 2 aromatic carbocycles. The van der Waals surface area contributed by atoms with Crippen LogP contribution in [-0.4, -0.2) is 82.5 Å². The summed E-state index contributed by atoms with van der Waals surface area (Å²) < 4.78 is 132. The molecule has 5 rings (SSSR count). The van der Waals surface area contributed by atoms with E-state index < -0.39 is 68.9 Å². The van der Waals surface area contributed by atoms with Crippen molar-refractivity contribution in [2.24, 2.45) is 0 Å². The third-order valence-electron chi connectivity index (χ3n) is 10.5. The van der Waals surface area contributed by atoms with Crippen molar-refractivity contribution in [2.75, 3.05) is 34.4 Å². The standard InChI is InChI=1S/C36H45ClN2O12S4.K.H/c1-35(2)28-22-26(54(46,47)48)12-14-30(28)38(18-6-20-52(40,41)42)32(35)16-10-24-8-5-9-25(34(24)37)11-17-33-36(3,4)29-23-27(55(49,50)51)13-15-31(29)39(33)19-7-21-53(43,44)45;;/h10-17,22-23,32H,5-9,18-21H2,1-4H3,(H,40,41,42)(H,43,44,45)(H,46,47,48)(H,49,50,51);;/q;+1;-1. The van der Waals surface area contributed by atoms with E-state index in [9.17, 15) is 51.9 Å². The normalized spacial score (nSPS) is 21.2. The zero-order valence-corrected chi connectivity index (χ0v) is 38.8. The number of hydrogen-bond acceptors (Lipinski definition) is 10. The van der Waals surface area contributed by atoms with Crippen LogP contribution >= 0.6 is 11.6 Å². The molecule has 0 amide bonds. The van der Waals surface area contributed by atoms with Gasteiger partial charge in [-0.1, -0.05) is 57.5 Å². The van der Waals surface area contributed by atoms with Gasteiger partial charge in [0.15, 0.2) is 0 Å². The topological polar surface area (TPSA) is 224 Å². The van der Waals surface area contributed by atoms with Crippen LogP contribution in [0.3, 0.4) is 0 Å². The van der Waals surface area contributed by atoms with Gasteiger partial charge in [-0.3, -0.25) is 18.2 Å². The predicted molar refractivity (Wildman–Crippen MR) is 212 cm³/mol. The fourth-order valence-corrected chi connectivity index (χ4v) is 10.0. The summed E-state index contributed by atoms with van der Waals surface area (Å²) in [6, 6.07) is 8.07. The van der Waals surface area contributed by atoms with Crippen LogP contribution < -0.4 is 61.2 Å². The number of hydrogen-bond donors (Lipinski definition) is 4. The van der Waals surface area contributed by atoms with Crippen molar-refractivity contribution in [1.82, 2.24) is 0 Å². The largest absolute Gasteiger partial charge is 1.00 e. The monoisotopic (exact) mass is 900 g/mol. The van der Waals surface area contributed by atoms with Gasteiger partial charge in [-0.25, -0.2) is 0 Å². The molecule has 0 fully saturated rings. The summed E-state index contributed by atoms with van der Waals surface area (Å²) in [5.41, 5.74) is 3.32. The van der Waals surface area contributed by atoms with Crippen LogP contribution in [0.1, 0.15) is 72.4 Å². The molecule has 0 spiro atoms. The van der Waals surface area contributed by atoms with Crippen LogP contribution in [0, 0.1) is 0 Å². The number of benzene rings is 2. The first kappa shape index (κ1) is 47.2. The van der Waals surface area contributed by atoms with Crippen molar-refractivity contribution in [3.8, 4) is 0 Å². The molecule has 0 bridgehead atoms. The maximum atomic E-state index is 12.0.